The number of morpholine rings is 1. The first-order valence-corrected chi connectivity index (χ1v) is 8.92. The summed E-state index contributed by atoms with van der Waals surface area (Å²) in [6.07, 6.45) is 0.997. The average molecular weight is 382 g/mol. The molecule has 1 aliphatic heterocycles. The number of amides is 1. The second-order valence-corrected chi connectivity index (χ2v) is 6.61. The number of pyridine rings is 1. The number of hydrogen-bond donors (Lipinski definition) is 1. The molecule has 1 fully saturated rings. The minimum atomic E-state index is -0.433. The predicted molar refractivity (Wildman–Crippen MR) is 102 cm³/mol. The zero-order valence-electron chi connectivity index (χ0n) is 15.3. The molecule has 1 saturated heterocycles. The topological polar surface area (TPSA) is 71.6 Å². The minimum absolute atomic E-state index is 0.0672. The number of aromatic nitrogens is 1. The SMILES string of the molecule is COc1ccc2c(=O)c(C(=O)N3CCOC(c4cccc(F)c4)C3)c[nH]c2c1. The number of benzene rings is 2. The summed E-state index contributed by atoms with van der Waals surface area (Å²) >= 11 is 0. The second kappa shape index (κ2) is 7.44. The summed E-state index contributed by atoms with van der Waals surface area (Å²) in [6.45, 7) is 0.933. The smallest absolute Gasteiger partial charge is 0.259 e. The van der Waals surface area contributed by atoms with Gasteiger partial charge in [0, 0.05) is 24.2 Å². The Morgan fingerprint density at radius 1 is 1.29 bits per heavy atom. The van der Waals surface area contributed by atoms with Crippen LogP contribution in [-0.2, 0) is 4.74 Å². The normalized spacial score (nSPS) is 16.9. The third kappa shape index (κ3) is 3.36. The summed E-state index contributed by atoms with van der Waals surface area (Å²) in [6, 6.07) is 11.2. The first-order chi connectivity index (χ1) is 13.6. The number of ether oxygens (including phenoxy) is 2. The van der Waals surface area contributed by atoms with Gasteiger partial charge < -0.3 is 19.4 Å². The van der Waals surface area contributed by atoms with Crippen LogP contribution in [0.15, 0.2) is 53.5 Å². The number of carbonyl (C=O) groups is 1. The molecule has 2 heterocycles. The molecule has 2 aromatic carbocycles. The molecular formula is C21H19FN2O4. The highest BCUT2D eigenvalue weighted by molar-refractivity contribution is 5.97. The lowest BCUT2D eigenvalue weighted by Gasteiger charge is -2.33. The van der Waals surface area contributed by atoms with Gasteiger partial charge in [-0.05, 0) is 29.8 Å². The Kier molecular flexibility index (Phi) is 4.83. The fourth-order valence-corrected chi connectivity index (χ4v) is 3.40. The van der Waals surface area contributed by atoms with Crippen LogP contribution in [0.4, 0.5) is 4.39 Å². The number of hydrogen-bond acceptors (Lipinski definition) is 4. The molecule has 6 nitrogen and oxygen atoms in total. The van der Waals surface area contributed by atoms with Gasteiger partial charge in [0.25, 0.3) is 5.91 Å². The number of nitrogens with zero attached hydrogens (tertiary/aromatic N) is 1. The standard InChI is InChI=1S/C21H19FN2O4/c1-27-15-5-6-16-18(10-15)23-11-17(20(16)25)21(26)24-7-8-28-19(12-24)13-3-2-4-14(22)9-13/h2-6,9-11,19H,7-8,12H2,1H3,(H,23,25). The fourth-order valence-electron chi connectivity index (χ4n) is 3.40. The number of methoxy groups -OCH3 is 1. The highest BCUT2D eigenvalue weighted by Crippen LogP contribution is 2.24. The maximum absolute atomic E-state index is 13.5. The molecule has 0 aliphatic carbocycles. The van der Waals surface area contributed by atoms with Gasteiger partial charge >= 0.3 is 0 Å². The zero-order valence-corrected chi connectivity index (χ0v) is 15.3. The molecule has 0 spiro atoms. The lowest BCUT2D eigenvalue weighted by atomic mass is 10.1. The van der Waals surface area contributed by atoms with Crippen molar-refractivity contribution in [1.29, 1.82) is 0 Å². The number of H-pyrrole nitrogens is 1. The van der Waals surface area contributed by atoms with Crippen LogP contribution in [0.5, 0.6) is 5.75 Å². The van der Waals surface area contributed by atoms with Gasteiger partial charge in [-0.25, -0.2) is 4.39 Å². The first-order valence-electron chi connectivity index (χ1n) is 8.92. The van der Waals surface area contributed by atoms with Crippen molar-refractivity contribution in [3.8, 4) is 5.75 Å². The number of aromatic amines is 1. The molecule has 0 bridgehead atoms. The number of nitrogens with one attached hydrogen (secondary N) is 1. The van der Waals surface area contributed by atoms with Crippen LogP contribution in [-0.4, -0.2) is 42.6 Å². The van der Waals surface area contributed by atoms with Gasteiger partial charge in [-0.3, -0.25) is 9.59 Å². The van der Waals surface area contributed by atoms with Gasteiger partial charge in [-0.2, -0.15) is 0 Å². The van der Waals surface area contributed by atoms with Crippen LogP contribution in [0.3, 0.4) is 0 Å². The van der Waals surface area contributed by atoms with Crippen LogP contribution in [0, 0.1) is 5.82 Å². The van der Waals surface area contributed by atoms with Gasteiger partial charge in [-0.15, -0.1) is 0 Å². The van der Waals surface area contributed by atoms with E-state index in [0.717, 1.165) is 0 Å². The Balaban J connectivity index is 1.62. The van der Waals surface area contributed by atoms with Crippen molar-refractivity contribution >= 4 is 16.8 Å². The monoisotopic (exact) mass is 382 g/mol. The molecule has 1 atom stereocenters. The summed E-state index contributed by atoms with van der Waals surface area (Å²) in [5.74, 6) is -0.108. The van der Waals surface area contributed by atoms with E-state index in [1.165, 1.54) is 18.3 Å². The zero-order chi connectivity index (χ0) is 19.7. The molecule has 0 saturated carbocycles. The highest BCUT2D eigenvalue weighted by atomic mass is 19.1. The third-order valence-electron chi connectivity index (χ3n) is 4.89. The quantitative estimate of drug-likeness (QED) is 0.756. The molecular weight excluding hydrogens is 363 g/mol. The molecule has 28 heavy (non-hydrogen) atoms. The predicted octanol–water partition coefficient (Wildman–Crippen LogP) is 2.89. The third-order valence-corrected chi connectivity index (χ3v) is 4.89. The van der Waals surface area contributed by atoms with Crippen LogP contribution in [0.25, 0.3) is 10.9 Å². The summed E-state index contributed by atoms with van der Waals surface area (Å²) in [5.41, 5.74) is 0.991. The van der Waals surface area contributed by atoms with Crippen molar-refractivity contribution in [2.24, 2.45) is 0 Å². The molecule has 144 valence electrons. The van der Waals surface area contributed by atoms with Gasteiger partial charge in [0.05, 0.1) is 25.8 Å². The Morgan fingerprint density at radius 2 is 2.14 bits per heavy atom. The Morgan fingerprint density at radius 3 is 2.93 bits per heavy atom. The summed E-state index contributed by atoms with van der Waals surface area (Å²) in [7, 11) is 1.55. The van der Waals surface area contributed by atoms with E-state index in [9.17, 15) is 14.0 Å². The summed E-state index contributed by atoms with van der Waals surface area (Å²) in [4.78, 5) is 30.4. The Bertz CT molecular complexity index is 1100. The first kappa shape index (κ1) is 18.2. The van der Waals surface area contributed by atoms with Crippen LogP contribution in [0.2, 0.25) is 0 Å². The molecule has 1 aliphatic rings. The molecule has 4 rings (SSSR count). The van der Waals surface area contributed by atoms with E-state index in [-0.39, 0.29) is 29.3 Å². The van der Waals surface area contributed by atoms with Crippen molar-refractivity contribution in [3.63, 3.8) is 0 Å². The molecule has 0 radical (unpaired) electrons. The maximum atomic E-state index is 13.5. The van der Waals surface area contributed by atoms with Crippen LogP contribution >= 0.6 is 0 Å². The van der Waals surface area contributed by atoms with E-state index in [0.29, 0.717) is 35.4 Å². The van der Waals surface area contributed by atoms with Gasteiger partial charge in [0.2, 0.25) is 5.43 Å². The van der Waals surface area contributed by atoms with Crippen molar-refractivity contribution < 1.29 is 18.7 Å². The number of fused-ring (bicyclic) bond motifs is 1. The van der Waals surface area contributed by atoms with Crippen molar-refractivity contribution in [2.75, 3.05) is 26.8 Å². The molecule has 1 amide bonds. The van der Waals surface area contributed by atoms with Gasteiger partial charge in [-0.1, -0.05) is 12.1 Å². The molecule has 1 unspecified atom stereocenters. The highest BCUT2D eigenvalue weighted by Gasteiger charge is 2.28. The Hall–Kier alpha value is -3.19. The van der Waals surface area contributed by atoms with Crippen molar-refractivity contribution in [1.82, 2.24) is 9.88 Å². The minimum Gasteiger partial charge on any atom is -0.497 e. The summed E-state index contributed by atoms with van der Waals surface area (Å²) < 4.78 is 24.4. The van der Waals surface area contributed by atoms with E-state index in [4.69, 9.17) is 9.47 Å². The van der Waals surface area contributed by atoms with Crippen molar-refractivity contribution in [2.45, 2.75) is 6.10 Å². The van der Waals surface area contributed by atoms with E-state index < -0.39 is 6.10 Å². The number of halogens is 1. The van der Waals surface area contributed by atoms with Crippen molar-refractivity contribution in [3.05, 3.63) is 75.8 Å². The van der Waals surface area contributed by atoms with Gasteiger partial charge in [0.1, 0.15) is 23.2 Å². The van der Waals surface area contributed by atoms with E-state index in [1.54, 1.807) is 42.3 Å². The van der Waals surface area contributed by atoms with E-state index >= 15 is 0 Å². The van der Waals surface area contributed by atoms with E-state index in [2.05, 4.69) is 4.98 Å². The average Bonchev–Trinajstić information content (AvgIpc) is 2.73. The van der Waals surface area contributed by atoms with E-state index in [1.807, 2.05) is 0 Å². The molecule has 1 N–H and O–H groups in total. The molecule has 7 heteroatoms. The maximum Gasteiger partial charge on any atom is 0.259 e. The number of carbonyl (C=O) groups excluding carboxylic acids is 1. The van der Waals surface area contributed by atoms with Crippen LogP contribution < -0.4 is 10.2 Å². The summed E-state index contributed by atoms with van der Waals surface area (Å²) in [5, 5.41) is 0.418. The second-order valence-electron chi connectivity index (χ2n) is 6.61. The fraction of sp³-hybridized carbons (Fsp3) is 0.238. The Labute approximate surface area is 160 Å². The molecule has 3 aromatic rings. The lowest BCUT2D eigenvalue weighted by Crippen LogP contribution is -2.43. The van der Waals surface area contributed by atoms with Gasteiger partial charge in [0.15, 0.2) is 0 Å². The largest absolute Gasteiger partial charge is 0.497 e. The van der Waals surface area contributed by atoms with Crippen LogP contribution in [0.1, 0.15) is 22.0 Å². The number of rotatable bonds is 3. The lowest BCUT2D eigenvalue weighted by molar-refractivity contribution is -0.0229. The molecule has 1 aromatic heterocycles.